The lowest BCUT2D eigenvalue weighted by Crippen LogP contribution is -1.94. The van der Waals surface area contributed by atoms with Gasteiger partial charge in [-0.1, -0.05) is 30.3 Å². The second-order valence-electron chi connectivity index (χ2n) is 6.12. The van der Waals surface area contributed by atoms with E-state index >= 15 is 0 Å². The zero-order chi connectivity index (χ0) is 19.3. The zero-order valence-electron chi connectivity index (χ0n) is 15.3. The molecule has 0 saturated heterocycles. The van der Waals surface area contributed by atoms with Gasteiger partial charge in [0.25, 0.3) is 0 Å². The average Bonchev–Trinajstić information content (AvgIpc) is 3.43. The summed E-state index contributed by atoms with van der Waals surface area (Å²) >= 11 is 0. The topological polar surface area (TPSA) is 57.3 Å². The minimum absolute atomic E-state index is 0.200. The third-order valence-corrected chi connectivity index (χ3v) is 4.28. The summed E-state index contributed by atoms with van der Waals surface area (Å²) < 4.78 is 12.3. The van der Waals surface area contributed by atoms with E-state index in [0.29, 0.717) is 5.76 Å². The summed E-state index contributed by atoms with van der Waals surface area (Å²) in [6.07, 6.45) is 6.63. The third-order valence-electron chi connectivity index (χ3n) is 4.28. The highest BCUT2D eigenvalue weighted by molar-refractivity contribution is 6.05. The van der Waals surface area contributed by atoms with Crippen LogP contribution < -0.4 is 4.74 Å². The van der Waals surface area contributed by atoms with E-state index in [1.54, 1.807) is 30.0 Å². The smallest absolute Gasteiger partial charge is 0.221 e. The lowest BCUT2D eigenvalue weighted by molar-refractivity contribution is 0.102. The first-order valence-electron chi connectivity index (χ1n) is 8.80. The van der Waals surface area contributed by atoms with Crippen molar-refractivity contribution in [1.82, 2.24) is 9.78 Å². The van der Waals surface area contributed by atoms with Crippen LogP contribution in [-0.4, -0.2) is 22.7 Å². The highest BCUT2D eigenvalue weighted by Gasteiger charge is 2.12. The molecular formula is C23H18N2O3. The van der Waals surface area contributed by atoms with Crippen LogP contribution in [0.3, 0.4) is 0 Å². The van der Waals surface area contributed by atoms with E-state index in [1.165, 1.54) is 12.3 Å². The predicted octanol–water partition coefficient (Wildman–Crippen LogP) is 5.04. The Morgan fingerprint density at radius 1 is 1.07 bits per heavy atom. The monoisotopic (exact) mass is 370 g/mol. The van der Waals surface area contributed by atoms with Gasteiger partial charge < -0.3 is 9.15 Å². The minimum Gasteiger partial charge on any atom is -0.497 e. The van der Waals surface area contributed by atoms with E-state index in [-0.39, 0.29) is 5.78 Å². The van der Waals surface area contributed by atoms with Gasteiger partial charge in [-0.3, -0.25) is 4.79 Å². The molecule has 0 aliphatic heterocycles. The molecule has 0 amide bonds. The predicted molar refractivity (Wildman–Crippen MR) is 108 cm³/mol. The van der Waals surface area contributed by atoms with Crippen molar-refractivity contribution in [3.8, 4) is 22.7 Å². The molecule has 2 heterocycles. The molecule has 2 aromatic carbocycles. The number of carbonyl (C=O) groups excluding carboxylic acids is 1. The van der Waals surface area contributed by atoms with Crippen LogP contribution in [0, 0.1) is 0 Å². The maximum atomic E-state index is 12.3. The Labute approximate surface area is 162 Å². The maximum absolute atomic E-state index is 12.3. The van der Waals surface area contributed by atoms with Gasteiger partial charge in [0.1, 0.15) is 11.4 Å². The van der Waals surface area contributed by atoms with Gasteiger partial charge in [-0.05, 0) is 48.6 Å². The number of aromatic nitrogens is 2. The first kappa shape index (κ1) is 17.5. The van der Waals surface area contributed by atoms with Gasteiger partial charge in [0.2, 0.25) is 5.78 Å². The Kier molecular flexibility index (Phi) is 4.89. The molecule has 138 valence electrons. The third kappa shape index (κ3) is 3.64. The summed E-state index contributed by atoms with van der Waals surface area (Å²) in [6, 6.07) is 20.8. The van der Waals surface area contributed by atoms with Gasteiger partial charge in [0.15, 0.2) is 5.76 Å². The molecule has 0 N–H and O–H groups in total. The molecule has 28 heavy (non-hydrogen) atoms. The highest BCUT2D eigenvalue weighted by Crippen LogP contribution is 2.28. The number of furan rings is 1. The summed E-state index contributed by atoms with van der Waals surface area (Å²) in [7, 11) is 1.63. The van der Waals surface area contributed by atoms with E-state index in [2.05, 4.69) is 0 Å². The number of rotatable bonds is 6. The van der Waals surface area contributed by atoms with Crippen LogP contribution in [0.2, 0.25) is 0 Å². The van der Waals surface area contributed by atoms with Crippen LogP contribution >= 0.6 is 0 Å². The van der Waals surface area contributed by atoms with Crippen molar-refractivity contribution in [2.24, 2.45) is 0 Å². The molecular weight excluding hydrogens is 352 g/mol. The molecule has 0 atom stereocenters. The maximum Gasteiger partial charge on any atom is 0.221 e. The molecule has 4 aromatic rings. The van der Waals surface area contributed by atoms with Gasteiger partial charge in [-0.25, -0.2) is 4.68 Å². The van der Waals surface area contributed by atoms with Crippen LogP contribution in [0.4, 0.5) is 0 Å². The number of ketones is 1. The average molecular weight is 370 g/mol. The molecule has 0 spiro atoms. The van der Waals surface area contributed by atoms with Gasteiger partial charge >= 0.3 is 0 Å². The number of para-hydroxylation sites is 1. The van der Waals surface area contributed by atoms with Gasteiger partial charge in [0, 0.05) is 17.3 Å². The van der Waals surface area contributed by atoms with E-state index in [1.807, 2.05) is 60.8 Å². The largest absolute Gasteiger partial charge is 0.497 e. The fourth-order valence-corrected chi connectivity index (χ4v) is 2.88. The number of hydrogen-bond acceptors (Lipinski definition) is 4. The number of nitrogens with zero attached hydrogens (tertiary/aromatic N) is 2. The summed E-state index contributed by atoms with van der Waals surface area (Å²) in [5, 5.41) is 4.74. The van der Waals surface area contributed by atoms with Crippen molar-refractivity contribution in [2.45, 2.75) is 0 Å². The van der Waals surface area contributed by atoms with Crippen LogP contribution in [0.15, 0.2) is 89.7 Å². The molecule has 0 fully saturated rings. The summed E-state index contributed by atoms with van der Waals surface area (Å²) in [4.78, 5) is 12.3. The number of hydrogen-bond donors (Lipinski definition) is 0. The molecule has 0 aliphatic rings. The van der Waals surface area contributed by atoms with E-state index in [9.17, 15) is 4.79 Å². The Morgan fingerprint density at radius 2 is 1.93 bits per heavy atom. The van der Waals surface area contributed by atoms with Crippen molar-refractivity contribution in [3.05, 3.63) is 96.6 Å². The van der Waals surface area contributed by atoms with Gasteiger partial charge in [0.05, 0.1) is 19.1 Å². The Bertz CT molecular complexity index is 1110. The van der Waals surface area contributed by atoms with E-state index in [0.717, 1.165) is 28.3 Å². The van der Waals surface area contributed by atoms with Crippen molar-refractivity contribution in [1.29, 1.82) is 0 Å². The van der Waals surface area contributed by atoms with Crippen LogP contribution in [-0.2, 0) is 0 Å². The van der Waals surface area contributed by atoms with Crippen LogP contribution in [0.25, 0.3) is 23.0 Å². The molecule has 5 nitrogen and oxygen atoms in total. The summed E-state index contributed by atoms with van der Waals surface area (Å²) in [6.45, 7) is 0. The van der Waals surface area contributed by atoms with Gasteiger partial charge in [-0.15, -0.1) is 0 Å². The Balaban J connectivity index is 1.76. The first-order valence-corrected chi connectivity index (χ1v) is 8.80. The molecule has 4 rings (SSSR count). The minimum atomic E-state index is -0.200. The fraction of sp³-hybridized carbons (Fsp3) is 0.0435. The van der Waals surface area contributed by atoms with Crippen LogP contribution in [0.5, 0.6) is 5.75 Å². The van der Waals surface area contributed by atoms with Crippen LogP contribution in [0.1, 0.15) is 16.1 Å². The van der Waals surface area contributed by atoms with E-state index < -0.39 is 0 Å². The molecule has 0 radical (unpaired) electrons. The van der Waals surface area contributed by atoms with Crippen molar-refractivity contribution < 1.29 is 13.9 Å². The fourth-order valence-electron chi connectivity index (χ4n) is 2.88. The standard InChI is InChI=1S/C23H18N2O3/c1-27-20-10-5-7-17(15-20)23-18(12-13-21(26)22-11-6-14-28-22)16-25(24-23)19-8-3-2-4-9-19/h2-16H,1H3/b13-12+. The number of benzene rings is 2. The number of carbonyl (C=O) groups is 1. The number of methoxy groups -OCH3 is 1. The second kappa shape index (κ2) is 7.80. The second-order valence-corrected chi connectivity index (χ2v) is 6.12. The lowest BCUT2D eigenvalue weighted by Gasteiger charge is -2.03. The molecule has 0 unspecified atom stereocenters. The summed E-state index contributed by atoms with van der Waals surface area (Å²) in [5.41, 5.74) is 3.41. The van der Waals surface area contributed by atoms with Gasteiger partial charge in [-0.2, -0.15) is 5.10 Å². The lowest BCUT2D eigenvalue weighted by atomic mass is 10.1. The zero-order valence-corrected chi connectivity index (χ0v) is 15.3. The first-order chi connectivity index (χ1) is 13.7. The molecule has 0 aliphatic carbocycles. The molecule has 0 saturated carbocycles. The SMILES string of the molecule is COc1cccc(-c2nn(-c3ccccc3)cc2/C=C/C(=O)c2ccco2)c1. The molecule has 5 heteroatoms. The normalized spacial score (nSPS) is 11.0. The number of allylic oxidation sites excluding steroid dienone is 1. The highest BCUT2D eigenvalue weighted by atomic mass is 16.5. The Morgan fingerprint density at radius 3 is 2.68 bits per heavy atom. The molecule has 0 bridgehead atoms. The summed E-state index contributed by atoms with van der Waals surface area (Å²) in [5.74, 6) is 0.844. The quantitative estimate of drug-likeness (QED) is 0.352. The van der Waals surface area contributed by atoms with Crippen molar-refractivity contribution in [3.63, 3.8) is 0 Å². The Hall–Kier alpha value is -3.86. The molecule has 2 aromatic heterocycles. The van der Waals surface area contributed by atoms with Crippen molar-refractivity contribution in [2.75, 3.05) is 7.11 Å². The number of ether oxygens (including phenoxy) is 1. The van der Waals surface area contributed by atoms with E-state index in [4.69, 9.17) is 14.3 Å². The van der Waals surface area contributed by atoms with Crippen molar-refractivity contribution >= 4 is 11.9 Å².